The van der Waals surface area contributed by atoms with Gasteiger partial charge in [0, 0.05) is 25.7 Å². The van der Waals surface area contributed by atoms with Gasteiger partial charge in [0.15, 0.2) is 0 Å². The highest BCUT2D eigenvalue weighted by molar-refractivity contribution is 5.79. The number of carbonyl (C=O) groups is 1. The van der Waals surface area contributed by atoms with Crippen LogP contribution in [0, 0.1) is 5.92 Å². The first kappa shape index (κ1) is 10.9. The summed E-state index contributed by atoms with van der Waals surface area (Å²) in [4.78, 5) is 14.1. The number of hydrogen-bond donors (Lipinski definition) is 2. The van der Waals surface area contributed by atoms with Crippen LogP contribution in [0.5, 0.6) is 0 Å². The summed E-state index contributed by atoms with van der Waals surface area (Å²) in [5, 5.41) is 3.09. The lowest BCUT2D eigenvalue weighted by molar-refractivity contribution is -0.126. The van der Waals surface area contributed by atoms with Crippen LogP contribution in [0.25, 0.3) is 0 Å². The van der Waals surface area contributed by atoms with E-state index in [4.69, 9.17) is 5.73 Å². The maximum absolute atomic E-state index is 11.8. The van der Waals surface area contributed by atoms with Crippen molar-refractivity contribution in [1.29, 1.82) is 0 Å². The molecule has 1 unspecified atom stereocenters. The Bertz CT molecular complexity index is 226. The largest absolute Gasteiger partial charge is 0.353 e. The molecule has 1 aliphatic heterocycles. The third-order valence-corrected chi connectivity index (χ3v) is 3.25. The Balaban J connectivity index is 1.77. The van der Waals surface area contributed by atoms with E-state index in [1.54, 1.807) is 0 Å². The highest BCUT2D eigenvalue weighted by atomic mass is 16.2. The minimum Gasteiger partial charge on any atom is -0.353 e. The van der Waals surface area contributed by atoms with Gasteiger partial charge in [0.05, 0.1) is 5.92 Å². The van der Waals surface area contributed by atoms with Gasteiger partial charge in [0.2, 0.25) is 5.91 Å². The van der Waals surface area contributed by atoms with E-state index in [-0.39, 0.29) is 11.8 Å². The first-order chi connectivity index (χ1) is 7.29. The first-order valence-corrected chi connectivity index (χ1v) is 6.02. The van der Waals surface area contributed by atoms with Gasteiger partial charge in [0.25, 0.3) is 0 Å². The number of likely N-dealkylation sites (tertiary alicyclic amines) is 1. The minimum atomic E-state index is 0.200. The molecule has 1 aliphatic carbocycles. The van der Waals surface area contributed by atoms with Crippen LogP contribution in [0.15, 0.2) is 0 Å². The van der Waals surface area contributed by atoms with E-state index < -0.39 is 0 Å². The Labute approximate surface area is 91.2 Å². The summed E-state index contributed by atoms with van der Waals surface area (Å²) in [6.07, 6.45) is 4.51. The van der Waals surface area contributed by atoms with E-state index in [9.17, 15) is 4.79 Å². The van der Waals surface area contributed by atoms with Crippen molar-refractivity contribution in [3.8, 4) is 0 Å². The number of nitrogens with two attached hydrogens (primary N) is 1. The summed E-state index contributed by atoms with van der Waals surface area (Å²) < 4.78 is 0. The van der Waals surface area contributed by atoms with Crippen LogP contribution in [0.1, 0.15) is 25.7 Å². The van der Waals surface area contributed by atoms with Gasteiger partial charge >= 0.3 is 0 Å². The molecule has 3 N–H and O–H groups in total. The zero-order valence-electron chi connectivity index (χ0n) is 9.24. The molecule has 0 aromatic heterocycles. The van der Waals surface area contributed by atoms with Gasteiger partial charge in [-0.25, -0.2) is 0 Å². The van der Waals surface area contributed by atoms with Crippen LogP contribution in [0.2, 0.25) is 0 Å². The number of rotatable bonds is 4. The van der Waals surface area contributed by atoms with Crippen molar-refractivity contribution in [2.45, 2.75) is 31.7 Å². The standard InChI is InChI=1S/C11H21N3O/c12-5-7-14-6-1-2-9(8-14)11(15)13-10-3-4-10/h9-10H,1-8,12H2,(H,13,15). The first-order valence-electron chi connectivity index (χ1n) is 6.02. The van der Waals surface area contributed by atoms with Crippen molar-refractivity contribution >= 4 is 5.91 Å². The third-order valence-electron chi connectivity index (χ3n) is 3.25. The molecule has 1 saturated heterocycles. The molecule has 4 nitrogen and oxygen atoms in total. The molecule has 1 amide bonds. The molecule has 2 aliphatic rings. The number of amides is 1. The van der Waals surface area contributed by atoms with Crippen molar-refractivity contribution < 1.29 is 4.79 Å². The van der Waals surface area contributed by atoms with Gasteiger partial charge in [-0.05, 0) is 32.2 Å². The van der Waals surface area contributed by atoms with Gasteiger partial charge in [0.1, 0.15) is 0 Å². The van der Waals surface area contributed by atoms with E-state index in [1.165, 1.54) is 12.8 Å². The second-order valence-electron chi connectivity index (χ2n) is 4.71. The summed E-state index contributed by atoms with van der Waals surface area (Å²) in [5.74, 6) is 0.463. The Kier molecular flexibility index (Phi) is 3.59. The minimum absolute atomic E-state index is 0.200. The van der Waals surface area contributed by atoms with E-state index >= 15 is 0 Å². The van der Waals surface area contributed by atoms with Crippen LogP contribution in [-0.4, -0.2) is 43.0 Å². The Hall–Kier alpha value is -0.610. The Morgan fingerprint density at radius 1 is 1.40 bits per heavy atom. The molecular formula is C11H21N3O. The maximum Gasteiger partial charge on any atom is 0.224 e. The normalized spacial score (nSPS) is 27.7. The molecule has 0 spiro atoms. The third kappa shape index (κ3) is 3.18. The monoisotopic (exact) mass is 211 g/mol. The van der Waals surface area contributed by atoms with E-state index in [0.29, 0.717) is 12.6 Å². The lowest BCUT2D eigenvalue weighted by atomic mass is 9.97. The molecule has 4 heteroatoms. The lowest BCUT2D eigenvalue weighted by Gasteiger charge is -2.31. The van der Waals surface area contributed by atoms with E-state index in [2.05, 4.69) is 10.2 Å². The van der Waals surface area contributed by atoms with Crippen LogP contribution in [-0.2, 0) is 4.79 Å². The SMILES string of the molecule is NCCN1CCCC(C(=O)NC2CC2)C1. The van der Waals surface area contributed by atoms with Crippen LogP contribution < -0.4 is 11.1 Å². The van der Waals surface area contributed by atoms with E-state index in [1.807, 2.05) is 0 Å². The summed E-state index contributed by atoms with van der Waals surface area (Å²) in [6.45, 7) is 3.62. The molecule has 1 heterocycles. The zero-order chi connectivity index (χ0) is 10.7. The summed E-state index contributed by atoms with van der Waals surface area (Å²) in [6, 6.07) is 0.488. The molecule has 1 saturated carbocycles. The van der Waals surface area contributed by atoms with Crippen molar-refractivity contribution in [3.05, 3.63) is 0 Å². The zero-order valence-corrected chi connectivity index (χ0v) is 9.24. The summed E-state index contributed by atoms with van der Waals surface area (Å²) >= 11 is 0. The number of carbonyl (C=O) groups excluding carboxylic acids is 1. The highest BCUT2D eigenvalue weighted by Gasteiger charge is 2.29. The second-order valence-corrected chi connectivity index (χ2v) is 4.71. The van der Waals surface area contributed by atoms with Crippen molar-refractivity contribution in [3.63, 3.8) is 0 Å². The number of nitrogens with zero attached hydrogens (tertiary/aromatic N) is 1. The van der Waals surface area contributed by atoms with Crippen LogP contribution in [0.3, 0.4) is 0 Å². The molecule has 15 heavy (non-hydrogen) atoms. The van der Waals surface area contributed by atoms with Crippen LogP contribution >= 0.6 is 0 Å². The lowest BCUT2D eigenvalue weighted by Crippen LogP contribution is -2.44. The average molecular weight is 211 g/mol. The molecule has 2 rings (SSSR count). The van der Waals surface area contributed by atoms with Crippen molar-refractivity contribution in [1.82, 2.24) is 10.2 Å². The Morgan fingerprint density at radius 3 is 2.87 bits per heavy atom. The topological polar surface area (TPSA) is 58.4 Å². The van der Waals surface area contributed by atoms with Gasteiger partial charge in [-0.2, -0.15) is 0 Å². The second kappa shape index (κ2) is 4.94. The fraction of sp³-hybridized carbons (Fsp3) is 0.909. The van der Waals surface area contributed by atoms with Gasteiger partial charge < -0.3 is 16.0 Å². The molecular weight excluding hydrogens is 190 g/mol. The predicted molar refractivity (Wildman–Crippen MR) is 59.4 cm³/mol. The van der Waals surface area contributed by atoms with Crippen LogP contribution in [0.4, 0.5) is 0 Å². The highest BCUT2D eigenvalue weighted by Crippen LogP contribution is 2.21. The number of piperidine rings is 1. The fourth-order valence-electron chi connectivity index (χ4n) is 2.20. The smallest absolute Gasteiger partial charge is 0.224 e. The molecule has 0 aromatic rings. The Morgan fingerprint density at radius 2 is 2.20 bits per heavy atom. The molecule has 2 fully saturated rings. The molecule has 0 aromatic carbocycles. The van der Waals surface area contributed by atoms with Gasteiger partial charge in [-0.15, -0.1) is 0 Å². The molecule has 1 atom stereocenters. The molecule has 0 radical (unpaired) electrons. The predicted octanol–water partition coefficient (Wildman–Crippen LogP) is -0.0643. The maximum atomic E-state index is 11.8. The molecule has 0 bridgehead atoms. The quantitative estimate of drug-likeness (QED) is 0.684. The van der Waals surface area contributed by atoms with Crippen molar-refractivity contribution in [2.24, 2.45) is 11.7 Å². The fourth-order valence-corrected chi connectivity index (χ4v) is 2.20. The summed E-state index contributed by atoms with van der Waals surface area (Å²) in [7, 11) is 0. The summed E-state index contributed by atoms with van der Waals surface area (Å²) in [5.41, 5.74) is 5.53. The van der Waals surface area contributed by atoms with Crippen molar-refractivity contribution in [2.75, 3.05) is 26.2 Å². The average Bonchev–Trinajstić information content (AvgIpc) is 3.03. The van der Waals surface area contributed by atoms with Gasteiger partial charge in [-0.1, -0.05) is 0 Å². The molecule has 86 valence electrons. The number of hydrogen-bond acceptors (Lipinski definition) is 3. The van der Waals surface area contributed by atoms with E-state index in [0.717, 1.165) is 32.5 Å². The number of nitrogens with one attached hydrogen (secondary N) is 1. The van der Waals surface area contributed by atoms with Gasteiger partial charge in [-0.3, -0.25) is 4.79 Å².